The number of nitrogens with zero attached hydrogens (tertiary/aromatic N) is 1. The zero-order valence-electron chi connectivity index (χ0n) is 14.4. The van der Waals surface area contributed by atoms with Crippen molar-refractivity contribution in [3.8, 4) is 0 Å². The number of amides is 2. The summed E-state index contributed by atoms with van der Waals surface area (Å²) in [4.78, 5) is 37.6. The summed E-state index contributed by atoms with van der Waals surface area (Å²) in [7, 11) is 0. The molecule has 1 aliphatic rings. The molecule has 1 aromatic carbocycles. The summed E-state index contributed by atoms with van der Waals surface area (Å²) in [5, 5.41) is 0. The fourth-order valence-corrected chi connectivity index (χ4v) is 3.36. The second kappa shape index (κ2) is 9.36. The number of carbonyl (C=O) groups is 3. The molecule has 1 unspecified atom stereocenters. The molecule has 0 aliphatic carbocycles. The van der Waals surface area contributed by atoms with Crippen LogP contribution >= 0.6 is 0 Å². The largest absolute Gasteiger partial charge is 0.303 e. The lowest BCUT2D eigenvalue weighted by Crippen LogP contribution is -2.32. The van der Waals surface area contributed by atoms with Gasteiger partial charge in [-0.3, -0.25) is 14.5 Å². The molecule has 0 radical (unpaired) electrons. The second-order valence-electron chi connectivity index (χ2n) is 6.57. The maximum atomic E-state index is 12.6. The Balaban J connectivity index is 1.91. The Morgan fingerprint density at radius 2 is 1.75 bits per heavy atom. The Morgan fingerprint density at radius 1 is 1.08 bits per heavy atom. The normalized spacial score (nSPS) is 18.9. The monoisotopic (exact) mass is 329 g/mol. The minimum Gasteiger partial charge on any atom is -0.303 e. The van der Waals surface area contributed by atoms with Crippen LogP contribution in [0.5, 0.6) is 0 Å². The van der Waals surface area contributed by atoms with Gasteiger partial charge < -0.3 is 4.79 Å². The topological polar surface area (TPSA) is 54.5 Å². The van der Waals surface area contributed by atoms with E-state index in [-0.39, 0.29) is 24.2 Å². The van der Waals surface area contributed by atoms with Crippen molar-refractivity contribution in [2.24, 2.45) is 11.8 Å². The Bertz CT molecular complexity index is 555. The van der Waals surface area contributed by atoms with Gasteiger partial charge in [0.25, 0.3) is 0 Å². The smallest absolute Gasteiger partial charge is 0.238 e. The van der Waals surface area contributed by atoms with Crippen molar-refractivity contribution < 1.29 is 14.4 Å². The zero-order chi connectivity index (χ0) is 17.4. The third kappa shape index (κ3) is 4.53. The van der Waals surface area contributed by atoms with E-state index in [2.05, 4.69) is 6.92 Å². The van der Waals surface area contributed by atoms with Crippen LogP contribution in [0.2, 0.25) is 0 Å². The molecule has 0 aromatic heterocycles. The van der Waals surface area contributed by atoms with E-state index in [1.54, 1.807) is 24.3 Å². The number of hydrogen-bond donors (Lipinski definition) is 0. The quantitative estimate of drug-likeness (QED) is 0.368. The molecule has 2 atom stereocenters. The Hall–Kier alpha value is -1.97. The van der Waals surface area contributed by atoms with Gasteiger partial charge in [0.1, 0.15) is 6.29 Å². The van der Waals surface area contributed by atoms with E-state index in [1.165, 1.54) is 30.6 Å². The molecule has 2 amide bonds. The van der Waals surface area contributed by atoms with Crippen molar-refractivity contribution in [3.63, 3.8) is 0 Å². The maximum Gasteiger partial charge on any atom is 0.238 e. The molecule has 0 spiro atoms. The van der Waals surface area contributed by atoms with Crippen LogP contribution in [0.3, 0.4) is 0 Å². The van der Waals surface area contributed by atoms with Gasteiger partial charge in [0.2, 0.25) is 11.8 Å². The number of aldehydes is 1. The van der Waals surface area contributed by atoms with E-state index in [4.69, 9.17) is 0 Å². The summed E-state index contributed by atoms with van der Waals surface area (Å²) in [6.45, 7) is 2.18. The van der Waals surface area contributed by atoms with Gasteiger partial charge >= 0.3 is 0 Å². The number of rotatable bonds is 10. The summed E-state index contributed by atoms with van der Waals surface area (Å²) < 4.78 is 0. The number of imide groups is 1. The van der Waals surface area contributed by atoms with E-state index in [1.807, 2.05) is 6.07 Å². The first-order valence-corrected chi connectivity index (χ1v) is 9.06. The highest BCUT2D eigenvalue weighted by atomic mass is 16.2. The second-order valence-corrected chi connectivity index (χ2v) is 6.57. The molecule has 1 aromatic rings. The van der Waals surface area contributed by atoms with Gasteiger partial charge in [-0.15, -0.1) is 0 Å². The summed E-state index contributed by atoms with van der Waals surface area (Å²) in [6, 6.07) is 8.95. The van der Waals surface area contributed by atoms with Crippen LogP contribution in [0, 0.1) is 11.8 Å². The van der Waals surface area contributed by atoms with Crippen LogP contribution in [0.1, 0.15) is 58.3 Å². The average Bonchev–Trinajstić information content (AvgIpc) is 2.89. The molecule has 130 valence electrons. The molecule has 1 aliphatic heterocycles. The average molecular weight is 329 g/mol. The minimum absolute atomic E-state index is 0.146. The first-order chi connectivity index (χ1) is 11.7. The third-order valence-electron chi connectivity index (χ3n) is 4.78. The van der Waals surface area contributed by atoms with Crippen molar-refractivity contribution in [3.05, 3.63) is 30.3 Å². The van der Waals surface area contributed by atoms with E-state index in [0.717, 1.165) is 19.1 Å². The molecule has 1 heterocycles. The molecule has 4 nitrogen and oxygen atoms in total. The number of para-hydroxylation sites is 1. The SMILES string of the molecule is CCCCCCCCC(C=O)[C@@H]1CC(=O)N(c2ccccc2)C1=O. The van der Waals surface area contributed by atoms with Crippen molar-refractivity contribution in [2.75, 3.05) is 4.90 Å². The van der Waals surface area contributed by atoms with Gasteiger partial charge in [0.15, 0.2) is 0 Å². The van der Waals surface area contributed by atoms with Gasteiger partial charge in [-0.25, -0.2) is 0 Å². The van der Waals surface area contributed by atoms with E-state index < -0.39 is 5.92 Å². The highest BCUT2D eigenvalue weighted by Gasteiger charge is 2.43. The summed E-state index contributed by atoms with van der Waals surface area (Å²) in [5.41, 5.74) is 0.596. The molecule has 1 saturated heterocycles. The highest BCUT2D eigenvalue weighted by Crippen LogP contribution is 2.32. The van der Waals surface area contributed by atoms with Crippen LogP contribution < -0.4 is 4.90 Å². The van der Waals surface area contributed by atoms with E-state index in [9.17, 15) is 14.4 Å². The molecule has 1 fully saturated rings. The molecule has 0 bridgehead atoms. The lowest BCUT2D eigenvalue weighted by atomic mass is 9.87. The highest BCUT2D eigenvalue weighted by molar-refractivity contribution is 6.21. The fraction of sp³-hybridized carbons (Fsp3) is 0.550. The predicted octanol–water partition coefficient (Wildman–Crippen LogP) is 4.13. The molecule has 2 rings (SSSR count). The molecule has 0 N–H and O–H groups in total. The molecule has 4 heteroatoms. The lowest BCUT2D eigenvalue weighted by molar-refractivity contribution is -0.125. The van der Waals surface area contributed by atoms with Gasteiger partial charge in [-0.2, -0.15) is 0 Å². The zero-order valence-corrected chi connectivity index (χ0v) is 14.4. The third-order valence-corrected chi connectivity index (χ3v) is 4.78. The number of anilines is 1. The minimum atomic E-state index is -0.495. The lowest BCUT2D eigenvalue weighted by Gasteiger charge is -2.18. The molecular weight excluding hydrogens is 302 g/mol. The Morgan fingerprint density at radius 3 is 2.42 bits per heavy atom. The van der Waals surface area contributed by atoms with Crippen LogP contribution in [-0.4, -0.2) is 18.1 Å². The first-order valence-electron chi connectivity index (χ1n) is 9.06. The number of carbonyl (C=O) groups excluding carboxylic acids is 3. The van der Waals surface area contributed by atoms with Gasteiger partial charge in [0, 0.05) is 12.3 Å². The van der Waals surface area contributed by atoms with Crippen molar-refractivity contribution in [1.29, 1.82) is 0 Å². The van der Waals surface area contributed by atoms with Crippen LogP contribution in [0.25, 0.3) is 0 Å². The summed E-state index contributed by atoms with van der Waals surface area (Å²) >= 11 is 0. The van der Waals surface area contributed by atoms with Crippen LogP contribution in [0.4, 0.5) is 5.69 Å². The fourth-order valence-electron chi connectivity index (χ4n) is 3.36. The summed E-state index contributed by atoms with van der Waals surface area (Å²) in [6.07, 6.45) is 8.60. The maximum absolute atomic E-state index is 12.6. The molecule has 24 heavy (non-hydrogen) atoms. The van der Waals surface area contributed by atoms with Crippen LogP contribution in [-0.2, 0) is 14.4 Å². The van der Waals surface area contributed by atoms with Gasteiger partial charge in [-0.05, 0) is 18.6 Å². The first kappa shape index (κ1) is 18.4. The van der Waals surface area contributed by atoms with E-state index >= 15 is 0 Å². The van der Waals surface area contributed by atoms with Crippen molar-refractivity contribution in [1.82, 2.24) is 0 Å². The van der Waals surface area contributed by atoms with Crippen molar-refractivity contribution in [2.45, 2.75) is 58.3 Å². The van der Waals surface area contributed by atoms with Crippen molar-refractivity contribution >= 4 is 23.8 Å². The Labute approximate surface area is 144 Å². The Kier molecular flexibility index (Phi) is 7.16. The summed E-state index contributed by atoms with van der Waals surface area (Å²) in [5.74, 6) is -1.27. The standard InChI is InChI=1S/C20H27NO3/c1-2-3-4-5-6-8-11-16(15-22)18-14-19(23)21(20(18)24)17-12-9-7-10-13-17/h7,9-10,12-13,15-16,18H,2-6,8,11,14H2,1H3/t16?,18-/m0/s1. The number of benzene rings is 1. The van der Waals surface area contributed by atoms with E-state index in [0.29, 0.717) is 12.1 Å². The number of hydrogen-bond acceptors (Lipinski definition) is 3. The van der Waals surface area contributed by atoms with Gasteiger partial charge in [0.05, 0.1) is 11.6 Å². The van der Waals surface area contributed by atoms with Crippen LogP contribution in [0.15, 0.2) is 30.3 Å². The molecular formula is C20H27NO3. The predicted molar refractivity (Wildman–Crippen MR) is 94.6 cm³/mol. The van der Waals surface area contributed by atoms with Gasteiger partial charge in [-0.1, -0.05) is 63.6 Å². The number of unbranched alkanes of at least 4 members (excludes halogenated alkanes) is 5. The molecule has 0 saturated carbocycles.